The fourth-order valence-corrected chi connectivity index (χ4v) is 2.82. The summed E-state index contributed by atoms with van der Waals surface area (Å²) in [4.78, 5) is 1.17. The molecule has 0 unspecified atom stereocenters. The number of nitrogens with zero attached hydrogens (tertiary/aromatic N) is 1. The van der Waals surface area contributed by atoms with Crippen molar-refractivity contribution in [3.63, 3.8) is 0 Å². The highest BCUT2D eigenvalue weighted by Crippen LogP contribution is 2.33. The third-order valence-electron chi connectivity index (χ3n) is 1.41. The highest BCUT2D eigenvalue weighted by atomic mass is 79.9. The van der Waals surface area contributed by atoms with Crippen molar-refractivity contribution in [2.75, 3.05) is 0 Å². The van der Waals surface area contributed by atoms with Gasteiger partial charge in [0.25, 0.3) is 0 Å². The summed E-state index contributed by atoms with van der Waals surface area (Å²) in [5, 5.41) is 6.85. The minimum Gasteiger partial charge on any atom is -0.276 e. The van der Waals surface area contributed by atoms with Gasteiger partial charge in [0.2, 0.25) is 0 Å². The van der Waals surface area contributed by atoms with Crippen LogP contribution in [0.5, 0.6) is 0 Å². The molecule has 0 amide bonds. The maximum atomic E-state index is 3.93. The van der Waals surface area contributed by atoms with Gasteiger partial charge < -0.3 is 0 Å². The molecule has 0 saturated heterocycles. The molecule has 12 heavy (non-hydrogen) atoms. The fraction of sp³-hybridized carbons (Fsp3) is 0. The van der Waals surface area contributed by atoms with E-state index in [1.807, 2.05) is 12.1 Å². The van der Waals surface area contributed by atoms with Crippen molar-refractivity contribution in [2.45, 2.75) is 0 Å². The Kier molecular flexibility index (Phi) is 2.34. The zero-order valence-electron chi connectivity index (χ0n) is 5.84. The van der Waals surface area contributed by atoms with Gasteiger partial charge >= 0.3 is 0 Å². The van der Waals surface area contributed by atoms with E-state index in [9.17, 15) is 0 Å². The first-order chi connectivity index (χ1) is 5.77. The van der Waals surface area contributed by atoms with Gasteiger partial charge in [-0.2, -0.15) is 5.10 Å². The SMILES string of the molecule is Brc1ccc(-c2[nH]ncc2Br)s1. The molecule has 2 aromatic heterocycles. The number of aromatic nitrogens is 2. The molecule has 0 spiro atoms. The molecule has 0 bridgehead atoms. The van der Waals surface area contributed by atoms with Crippen molar-refractivity contribution in [1.29, 1.82) is 0 Å². The molecule has 0 aliphatic heterocycles. The Morgan fingerprint density at radius 3 is 2.67 bits per heavy atom. The number of nitrogens with one attached hydrogen (secondary N) is 1. The average Bonchev–Trinajstić information content (AvgIpc) is 2.58. The number of halogens is 2. The number of thiophene rings is 1. The third-order valence-corrected chi connectivity index (χ3v) is 3.66. The van der Waals surface area contributed by atoms with E-state index < -0.39 is 0 Å². The Morgan fingerprint density at radius 2 is 2.17 bits per heavy atom. The standard InChI is InChI=1S/C7H4Br2N2S/c8-4-3-10-11-7(4)5-1-2-6(9)12-5/h1-3H,(H,10,11). The topological polar surface area (TPSA) is 28.7 Å². The van der Waals surface area contributed by atoms with Crippen molar-refractivity contribution >= 4 is 43.2 Å². The molecule has 5 heteroatoms. The van der Waals surface area contributed by atoms with Gasteiger partial charge in [-0.15, -0.1) is 11.3 Å². The Balaban J connectivity index is 2.50. The van der Waals surface area contributed by atoms with E-state index in [1.165, 1.54) is 4.88 Å². The summed E-state index contributed by atoms with van der Waals surface area (Å²) < 4.78 is 2.12. The summed E-state index contributed by atoms with van der Waals surface area (Å²) in [6.07, 6.45) is 1.75. The lowest BCUT2D eigenvalue weighted by molar-refractivity contribution is 1.10. The third kappa shape index (κ3) is 1.48. The van der Waals surface area contributed by atoms with E-state index in [1.54, 1.807) is 17.5 Å². The van der Waals surface area contributed by atoms with Crippen LogP contribution < -0.4 is 0 Å². The van der Waals surface area contributed by atoms with E-state index in [2.05, 4.69) is 42.1 Å². The molecule has 62 valence electrons. The smallest absolute Gasteiger partial charge is 0.0892 e. The quantitative estimate of drug-likeness (QED) is 0.855. The highest BCUT2D eigenvalue weighted by molar-refractivity contribution is 9.11. The van der Waals surface area contributed by atoms with Gasteiger partial charge in [0, 0.05) is 0 Å². The van der Waals surface area contributed by atoms with Gasteiger partial charge in [0.05, 0.1) is 25.0 Å². The normalized spacial score (nSPS) is 10.5. The first kappa shape index (κ1) is 8.47. The molecule has 0 aliphatic carbocycles. The van der Waals surface area contributed by atoms with E-state index >= 15 is 0 Å². The number of rotatable bonds is 1. The zero-order chi connectivity index (χ0) is 8.55. The molecule has 2 nitrogen and oxygen atoms in total. The number of hydrogen-bond acceptors (Lipinski definition) is 2. The average molecular weight is 308 g/mol. The Hall–Kier alpha value is -0.130. The molecule has 2 aromatic rings. The van der Waals surface area contributed by atoms with Crippen LogP contribution in [0.2, 0.25) is 0 Å². The predicted molar refractivity (Wildman–Crippen MR) is 57.3 cm³/mol. The molecule has 2 heterocycles. The maximum Gasteiger partial charge on any atom is 0.0892 e. The second-order valence-corrected chi connectivity index (χ2v) is 5.51. The van der Waals surface area contributed by atoms with Crippen LogP contribution in [-0.2, 0) is 0 Å². The zero-order valence-corrected chi connectivity index (χ0v) is 9.83. The summed E-state index contributed by atoms with van der Waals surface area (Å²) in [6, 6.07) is 4.07. The largest absolute Gasteiger partial charge is 0.276 e. The summed E-state index contributed by atoms with van der Waals surface area (Å²) in [6.45, 7) is 0. The van der Waals surface area contributed by atoms with Crippen molar-refractivity contribution in [3.8, 4) is 10.6 Å². The second-order valence-electron chi connectivity index (χ2n) is 2.20. The maximum absolute atomic E-state index is 3.93. The summed E-state index contributed by atoms with van der Waals surface area (Å²) in [7, 11) is 0. The monoisotopic (exact) mass is 306 g/mol. The van der Waals surface area contributed by atoms with E-state index in [4.69, 9.17) is 0 Å². The van der Waals surface area contributed by atoms with Gasteiger partial charge in [0.1, 0.15) is 0 Å². The lowest BCUT2D eigenvalue weighted by Gasteiger charge is -1.90. The molecule has 0 atom stereocenters. The van der Waals surface area contributed by atoms with Crippen LogP contribution in [0.25, 0.3) is 10.6 Å². The minimum absolute atomic E-state index is 0.997. The Morgan fingerprint density at radius 1 is 1.33 bits per heavy atom. The molecule has 0 radical (unpaired) electrons. The number of aromatic amines is 1. The summed E-state index contributed by atoms with van der Waals surface area (Å²) in [5.74, 6) is 0. The van der Waals surface area contributed by atoms with E-state index in [-0.39, 0.29) is 0 Å². The summed E-state index contributed by atoms with van der Waals surface area (Å²) >= 11 is 8.50. The molecule has 1 N–H and O–H groups in total. The van der Waals surface area contributed by atoms with Gasteiger partial charge in [0.15, 0.2) is 0 Å². The minimum atomic E-state index is 0.997. The molecule has 2 rings (SSSR count). The van der Waals surface area contributed by atoms with Crippen molar-refractivity contribution in [1.82, 2.24) is 10.2 Å². The molecule has 0 fully saturated rings. The van der Waals surface area contributed by atoms with Crippen LogP contribution in [0.3, 0.4) is 0 Å². The first-order valence-corrected chi connectivity index (χ1v) is 5.62. The number of hydrogen-bond donors (Lipinski definition) is 1. The molecular weight excluding hydrogens is 304 g/mol. The van der Waals surface area contributed by atoms with Gasteiger partial charge in [-0.05, 0) is 44.0 Å². The van der Waals surface area contributed by atoms with Gasteiger partial charge in [-0.1, -0.05) is 0 Å². The summed E-state index contributed by atoms with van der Waals surface area (Å²) in [5.41, 5.74) is 1.03. The Labute approximate surface area is 90.3 Å². The van der Waals surface area contributed by atoms with Crippen LogP contribution in [0.4, 0.5) is 0 Å². The Bertz CT molecular complexity index is 394. The van der Waals surface area contributed by atoms with Crippen molar-refractivity contribution < 1.29 is 0 Å². The highest BCUT2D eigenvalue weighted by Gasteiger charge is 2.06. The van der Waals surface area contributed by atoms with Crippen LogP contribution in [0.15, 0.2) is 26.6 Å². The predicted octanol–water partition coefficient (Wildman–Crippen LogP) is 3.66. The van der Waals surface area contributed by atoms with E-state index in [0.717, 1.165) is 14.0 Å². The first-order valence-electron chi connectivity index (χ1n) is 3.22. The molecular formula is C7H4Br2N2S. The van der Waals surface area contributed by atoms with Crippen LogP contribution in [0, 0.1) is 0 Å². The van der Waals surface area contributed by atoms with Crippen LogP contribution in [0.1, 0.15) is 0 Å². The van der Waals surface area contributed by atoms with Crippen LogP contribution in [-0.4, -0.2) is 10.2 Å². The van der Waals surface area contributed by atoms with Gasteiger partial charge in [-0.25, -0.2) is 0 Å². The fourth-order valence-electron chi connectivity index (χ4n) is 0.893. The molecule has 0 saturated carbocycles. The van der Waals surface area contributed by atoms with Gasteiger partial charge in [-0.3, -0.25) is 5.10 Å². The second kappa shape index (κ2) is 3.32. The van der Waals surface area contributed by atoms with Crippen molar-refractivity contribution in [3.05, 3.63) is 26.6 Å². The lowest BCUT2D eigenvalue weighted by atomic mass is 10.3. The lowest BCUT2D eigenvalue weighted by Crippen LogP contribution is -1.71. The van der Waals surface area contributed by atoms with Crippen molar-refractivity contribution in [2.24, 2.45) is 0 Å². The van der Waals surface area contributed by atoms with E-state index in [0.29, 0.717) is 0 Å². The molecule has 0 aromatic carbocycles. The molecule has 0 aliphatic rings. The van der Waals surface area contributed by atoms with Crippen LogP contribution >= 0.6 is 43.2 Å². The number of H-pyrrole nitrogens is 1.